The predicted octanol–water partition coefficient (Wildman–Crippen LogP) is 2.76. The first-order valence-corrected chi connectivity index (χ1v) is 7.38. The summed E-state index contributed by atoms with van der Waals surface area (Å²) in [5.74, 6) is 0.272. The molecule has 0 saturated heterocycles. The minimum atomic E-state index is -3.23. The second kappa shape index (κ2) is 4.11. The van der Waals surface area contributed by atoms with Crippen LogP contribution in [0.4, 0.5) is 0 Å². The van der Waals surface area contributed by atoms with Crippen molar-refractivity contribution < 1.29 is 8.42 Å². The molecule has 90 valence electrons. The zero-order chi connectivity index (χ0) is 12.6. The summed E-state index contributed by atoms with van der Waals surface area (Å²) in [6.45, 7) is 4.10. The van der Waals surface area contributed by atoms with Crippen molar-refractivity contribution in [3.63, 3.8) is 0 Å². The largest absolute Gasteiger partial charge is 0.259 e. The maximum absolute atomic E-state index is 11.7. The zero-order valence-electron chi connectivity index (χ0n) is 10.1. The molecule has 0 bridgehead atoms. The van der Waals surface area contributed by atoms with E-state index in [1.165, 1.54) is 12.5 Å². The first-order valence-electron chi connectivity index (χ1n) is 5.49. The van der Waals surface area contributed by atoms with Gasteiger partial charge in [0.1, 0.15) is 0 Å². The average Bonchev–Trinajstić information content (AvgIpc) is 2.26. The Labute approximate surface area is 101 Å². The van der Waals surface area contributed by atoms with Crippen molar-refractivity contribution in [1.29, 1.82) is 0 Å². The molecule has 0 atom stereocenters. The van der Waals surface area contributed by atoms with E-state index in [1.807, 2.05) is 24.3 Å². The first kappa shape index (κ1) is 12.0. The number of sulfone groups is 1. The van der Waals surface area contributed by atoms with Gasteiger partial charge in [-0.2, -0.15) is 0 Å². The lowest BCUT2D eigenvalue weighted by Crippen LogP contribution is -2.02. The molecule has 17 heavy (non-hydrogen) atoms. The summed E-state index contributed by atoms with van der Waals surface area (Å²) in [6.07, 6.45) is 2.68. The number of nitrogens with zero attached hydrogens (tertiary/aromatic N) is 1. The Balaban J connectivity index is 2.90. The molecule has 1 aromatic carbocycles. The summed E-state index contributed by atoms with van der Waals surface area (Å²) >= 11 is 0. The van der Waals surface area contributed by atoms with Crippen LogP contribution in [0, 0.1) is 0 Å². The molecule has 0 amide bonds. The number of aromatic nitrogens is 1. The fourth-order valence-electron chi connectivity index (χ4n) is 1.94. The van der Waals surface area contributed by atoms with Crippen LogP contribution < -0.4 is 0 Å². The number of pyridine rings is 1. The third-order valence-corrected chi connectivity index (χ3v) is 3.86. The molecular weight excluding hydrogens is 234 g/mol. The maximum Gasteiger partial charge on any atom is 0.177 e. The molecule has 0 aliphatic carbocycles. The molecule has 0 unspecified atom stereocenters. The van der Waals surface area contributed by atoms with E-state index in [9.17, 15) is 8.42 Å². The molecule has 0 radical (unpaired) electrons. The van der Waals surface area contributed by atoms with Crippen LogP contribution in [0.1, 0.15) is 25.5 Å². The van der Waals surface area contributed by atoms with Gasteiger partial charge in [0.15, 0.2) is 9.84 Å². The van der Waals surface area contributed by atoms with Crippen LogP contribution in [0.25, 0.3) is 10.8 Å². The van der Waals surface area contributed by atoms with E-state index in [1.54, 1.807) is 0 Å². The van der Waals surface area contributed by atoms with Crippen molar-refractivity contribution in [2.45, 2.75) is 24.7 Å². The standard InChI is InChI=1S/C13H15NO2S/c1-9(2)13-11-7-5-4-6-10(11)12(8-14-13)17(3,15)16/h4-9H,1-3H3. The zero-order valence-corrected chi connectivity index (χ0v) is 11.0. The molecule has 4 heteroatoms. The van der Waals surface area contributed by atoms with Crippen molar-refractivity contribution in [3.8, 4) is 0 Å². The fraction of sp³-hybridized carbons (Fsp3) is 0.308. The van der Waals surface area contributed by atoms with Crippen LogP contribution in [0.5, 0.6) is 0 Å². The molecule has 2 rings (SSSR count). The Kier molecular flexibility index (Phi) is 2.91. The lowest BCUT2D eigenvalue weighted by atomic mass is 10.0. The van der Waals surface area contributed by atoms with Gasteiger partial charge in [-0.25, -0.2) is 8.42 Å². The van der Waals surface area contributed by atoms with Gasteiger partial charge >= 0.3 is 0 Å². The lowest BCUT2D eigenvalue weighted by molar-refractivity contribution is 0.602. The molecule has 0 spiro atoms. The van der Waals surface area contributed by atoms with Gasteiger partial charge in [0.05, 0.1) is 10.6 Å². The number of fused-ring (bicyclic) bond motifs is 1. The van der Waals surface area contributed by atoms with Gasteiger partial charge < -0.3 is 0 Å². The third-order valence-electron chi connectivity index (χ3n) is 2.74. The van der Waals surface area contributed by atoms with E-state index >= 15 is 0 Å². The molecular formula is C13H15NO2S. The minimum Gasteiger partial charge on any atom is -0.259 e. The molecule has 1 aromatic heterocycles. The smallest absolute Gasteiger partial charge is 0.177 e. The molecule has 1 heterocycles. The van der Waals surface area contributed by atoms with E-state index in [0.29, 0.717) is 4.90 Å². The third kappa shape index (κ3) is 2.17. The molecule has 0 fully saturated rings. The number of hydrogen-bond acceptors (Lipinski definition) is 3. The maximum atomic E-state index is 11.7. The molecule has 0 aliphatic rings. The van der Waals surface area contributed by atoms with Crippen molar-refractivity contribution >= 4 is 20.6 Å². The molecule has 2 aromatic rings. The minimum absolute atomic E-state index is 0.272. The van der Waals surface area contributed by atoms with Crippen LogP contribution in [0.15, 0.2) is 35.4 Å². The summed E-state index contributed by atoms with van der Waals surface area (Å²) in [6, 6.07) is 7.51. The van der Waals surface area contributed by atoms with Crippen LogP contribution in [-0.2, 0) is 9.84 Å². The van der Waals surface area contributed by atoms with Crippen LogP contribution in [-0.4, -0.2) is 19.7 Å². The number of benzene rings is 1. The molecule has 3 nitrogen and oxygen atoms in total. The van der Waals surface area contributed by atoms with E-state index < -0.39 is 9.84 Å². The highest BCUT2D eigenvalue weighted by Gasteiger charge is 2.15. The Hall–Kier alpha value is -1.42. The predicted molar refractivity (Wildman–Crippen MR) is 68.9 cm³/mol. The van der Waals surface area contributed by atoms with Crippen LogP contribution >= 0.6 is 0 Å². The summed E-state index contributed by atoms with van der Waals surface area (Å²) in [7, 11) is -3.23. The Morgan fingerprint density at radius 1 is 1.12 bits per heavy atom. The van der Waals surface area contributed by atoms with Gasteiger partial charge in [-0.15, -0.1) is 0 Å². The Morgan fingerprint density at radius 2 is 1.71 bits per heavy atom. The van der Waals surface area contributed by atoms with Crippen LogP contribution in [0.2, 0.25) is 0 Å². The Morgan fingerprint density at radius 3 is 2.24 bits per heavy atom. The van der Waals surface area contributed by atoms with Gasteiger partial charge in [0, 0.05) is 23.2 Å². The Bertz CT molecular complexity index is 660. The lowest BCUT2D eigenvalue weighted by Gasteiger charge is -2.11. The summed E-state index contributed by atoms with van der Waals surface area (Å²) in [5, 5.41) is 1.68. The second-order valence-electron chi connectivity index (χ2n) is 4.48. The van der Waals surface area contributed by atoms with Gasteiger partial charge in [-0.3, -0.25) is 4.98 Å². The van der Waals surface area contributed by atoms with Crippen LogP contribution in [0.3, 0.4) is 0 Å². The average molecular weight is 249 g/mol. The van der Waals surface area contributed by atoms with Crippen molar-refractivity contribution in [3.05, 3.63) is 36.2 Å². The monoisotopic (exact) mass is 249 g/mol. The number of rotatable bonds is 2. The van der Waals surface area contributed by atoms with E-state index in [-0.39, 0.29) is 5.92 Å². The highest BCUT2D eigenvalue weighted by atomic mass is 32.2. The van der Waals surface area contributed by atoms with Gasteiger partial charge in [-0.05, 0) is 5.92 Å². The summed E-state index contributed by atoms with van der Waals surface area (Å²) in [5.41, 5.74) is 0.938. The van der Waals surface area contributed by atoms with Gasteiger partial charge in [-0.1, -0.05) is 38.1 Å². The summed E-state index contributed by atoms with van der Waals surface area (Å²) in [4.78, 5) is 4.60. The van der Waals surface area contributed by atoms with E-state index in [2.05, 4.69) is 18.8 Å². The van der Waals surface area contributed by atoms with Crippen molar-refractivity contribution in [1.82, 2.24) is 4.98 Å². The highest BCUT2D eigenvalue weighted by Crippen LogP contribution is 2.28. The molecule has 0 saturated carbocycles. The van der Waals surface area contributed by atoms with Gasteiger partial charge in [0.25, 0.3) is 0 Å². The van der Waals surface area contributed by atoms with E-state index in [0.717, 1.165) is 16.5 Å². The topological polar surface area (TPSA) is 47.0 Å². The quantitative estimate of drug-likeness (QED) is 0.822. The normalized spacial score (nSPS) is 12.2. The SMILES string of the molecule is CC(C)c1ncc(S(C)(=O)=O)c2ccccc12. The van der Waals surface area contributed by atoms with Crippen molar-refractivity contribution in [2.24, 2.45) is 0 Å². The number of hydrogen-bond donors (Lipinski definition) is 0. The molecule has 0 aliphatic heterocycles. The van der Waals surface area contributed by atoms with Crippen molar-refractivity contribution in [2.75, 3.05) is 6.26 Å². The highest BCUT2D eigenvalue weighted by molar-refractivity contribution is 7.91. The summed E-state index contributed by atoms with van der Waals surface area (Å²) < 4.78 is 23.4. The molecule has 0 N–H and O–H groups in total. The van der Waals surface area contributed by atoms with E-state index in [4.69, 9.17) is 0 Å². The van der Waals surface area contributed by atoms with Gasteiger partial charge in [0.2, 0.25) is 0 Å². The second-order valence-corrected chi connectivity index (χ2v) is 6.46. The first-order chi connectivity index (χ1) is 7.91. The fourth-order valence-corrected chi connectivity index (χ4v) is 2.77.